The fraction of sp³-hybridized carbons (Fsp3) is 0.300. The molecule has 6 heteroatoms. The minimum atomic E-state index is -2.64. The molecule has 0 aliphatic heterocycles. The van der Waals surface area contributed by atoms with Crippen molar-refractivity contribution >= 4 is 33.4 Å². The number of benzene rings is 1. The zero-order chi connectivity index (χ0) is 11.6. The van der Waals surface area contributed by atoms with Gasteiger partial charge in [0, 0.05) is 0 Å². The molecule has 84 valence electrons. The first-order valence-corrected chi connectivity index (χ1v) is 5.57. The van der Waals surface area contributed by atoms with E-state index in [1.807, 2.05) is 13.8 Å². The van der Waals surface area contributed by atoms with Gasteiger partial charge in [0.05, 0.1) is 5.56 Å². The first-order chi connectivity index (χ1) is 6.93. The second-order valence-electron chi connectivity index (χ2n) is 3.31. The van der Waals surface area contributed by atoms with Crippen LogP contribution >= 0.6 is 8.60 Å². The predicted molar refractivity (Wildman–Crippen MR) is 64.6 cm³/mol. The van der Waals surface area contributed by atoms with Crippen LogP contribution in [0, 0.1) is 20.8 Å². The predicted octanol–water partition coefficient (Wildman–Crippen LogP) is 1.33. The molecule has 0 heterocycles. The maximum atomic E-state index is 11.4. The Labute approximate surface area is 108 Å². The molecule has 0 bridgehead atoms. The molecule has 1 aromatic carbocycles. The Hall–Kier alpha value is -0.363. The fourth-order valence-electron chi connectivity index (χ4n) is 1.30. The third-order valence-electron chi connectivity index (χ3n) is 2.44. The molecule has 1 rings (SSSR count). The number of rotatable bonds is 2. The summed E-state index contributed by atoms with van der Waals surface area (Å²) in [6.07, 6.45) is 0. The van der Waals surface area contributed by atoms with Crippen molar-refractivity contribution in [3.63, 3.8) is 0 Å². The van der Waals surface area contributed by atoms with Crippen molar-refractivity contribution in [3.8, 4) is 0 Å². The number of carbonyl (C=O) groups excluding carboxylic acids is 1. The van der Waals surface area contributed by atoms with Crippen LogP contribution in [0.15, 0.2) is 12.1 Å². The van der Waals surface area contributed by atoms with Crippen LogP contribution < -0.4 is 0 Å². The summed E-state index contributed by atoms with van der Waals surface area (Å²) >= 11 is 0. The van der Waals surface area contributed by atoms with Crippen LogP contribution in [0.4, 0.5) is 0 Å². The Morgan fingerprint density at radius 3 is 2.25 bits per heavy atom. The van der Waals surface area contributed by atoms with Crippen molar-refractivity contribution in [3.05, 3.63) is 34.4 Å². The Kier molecular flexibility index (Phi) is 6.25. The molecule has 0 saturated heterocycles. The second kappa shape index (κ2) is 6.39. The SMILES string of the molecule is Cc1ccc(C(=O)OP(O)O)c(C)c1C.[LiH]. The number of hydrogen-bond donors (Lipinski definition) is 2. The van der Waals surface area contributed by atoms with E-state index in [1.165, 1.54) is 0 Å². The molecule has 1 aromatic rings. The van der Waals surface area contributed by atoms with Crippen molar-refractivity contribution in [1.82, 2.24) is 0 Å². The summed E-state index contributed by atoms with van der Waals surface area (Å²) in [5.74, 6) is -0.702. The van der Waals surface area contributed by atoms with E-state index in [0.717, 1.165) is 16.7 Å². The van der Waals surface area contributed by atoms with Crippen molar-refractivity contribution in [2.45, 2.75) is 20.8 Å². The fourth-order valence-corrected chi connectivity index (χ4v) is 1.55. The summed E-state index contributed by atoms with van der Waals surface area (Å²) in [7, 11) is -2.64. The zero-order valence-electron chi connectivity index (χ0n) is 8.81. The van der Waals surface area contributed by atoms with Crippen molar-refractivity contribution in [2.24, 2.45) is 0 Å². The van der Waals surface area contributed by atoms with Crippen LogP contribution in [0.2, 0.25) is 0 Å². The average molecular weight is 236 g/mol. The van der Waals surface area contributed by atoms with Crippen LogP contribution in [-0.2, 0) is 4.52 Å². The van der Waals surface area contributed by atoms with Gasteiger partial charge in [0.15, 0.2) is 0 Å². The van der Waals surface area contributed by atoms with E-state index in [4.69, 9.17) is 9.79 Å². The molecular weight excluding hydrogens is 222 g/mol. The van der Waals surface area contributed by atoms with Crippen molar-refractivity contribution in [1.29, 1.82) is 0 Å². The van der Waals surface area contributed by atoms with E-state index >= 15 is 0 Å². The number of carbonyl (C=O) groups is 1. The molecule has 4 nitrogen and oxygen atoms in total. The second-order valence-corrected chi connectivity index (χ2v) is 4.00. The van der Waals surface area contributed by atoms with Crippen LogP contribution in [0.25, 0.3) is 0 Å². The summed E-state index contributed by atoms with van der Waals surface area (Å²) in [6, 6.07) is 3.43. The summed E-state index contributed by atoms with van der Waals surface area (Å²) in [5.41, 5.74) is 3.26. The van der Waals surface area contributed by atoms with E-state index < -0.39 is 14.6 Å². The van der Waals surface area contributed by atoms with Gasteiger partial charge in [0.25, 0.3) is 0 Å². The van der Waals surface area contributed by atoms with E-state index in [-0.39, 0.29) is 18.9 Å². The minimum absolute atomic E-state index is 0. The first-order valence-electron chi connectivity index (χ1n) is 4.40. The molecule has 0 aliphatic carbocycles. The Balaban J connectivity index is 0.00000225. The third-order valence-corrected chi connectivity index (χ3v) is 2.77. The molecule has 2 N–H and O–H groups in total. The average Bonchev–Trinajstić information content (AvgIpc) is 2.13. The summed E-state index contributed by atoms with van der Waals surface area (Å²) in [5, 5.41) is 0. The van der Waals surface area contributed by atoms with Crippen molar-refractivity contribution in [2.75, 3.05) is 0 Å². The number of hydrogen-bond acceptors (Lipinski definition) is 4. The van der Waals surface area contributed by atoms with Gasteiger partial charge in [-0.3, -0.25) is 0 Å². The van der Waals surface area contributed by atoms with Crippen LogP contribution in [-0.4, -0.2) is 34.6 Å². The quantitative estimate of drug-likeness (QED) is 0.600. The van der Waals surface area contributed by atoms with Crippen LogP contribution in [0.1, 0.15) is 27.0 Å². The standard InChI is InChI=1S/C10H13O4P.Li.H/c1-6-4-5-9(8(3)7(6)2)10(11)14-15(12)13;;/h4-5,12-13H,1-3H3;;. The van der Waals surface area contributed by atoms with E-state index in [2.05, 4.69) is 4.52 Å². The summed E-state index contributed by atoms with van der Waals surface area (Å²) in [6.45, 7) is 5.65. The molecule has 0 aromatic heterocycles. The van der Waals surface area contributed by atoms with Crippen LogP contribution in [0.3, 0.4) is 0 Å². The van der Waals surface area contributed by atoms with E-state index in [0.29, 0.717) is 5.56 Å². The van der Waals surface area contributed by atoms with Gasteiger partial charge in [-0.1, -0.05) is 6.07 Å². The van der Waals surface area contributed by atoms with Crippen LogP contribution in [0.5, 0.6) is 0 Å². The molecule has 0 unspecified atom stereocenters. The maximum absolute atomic E-state index is 11.4. The topological polar surface area (TPSA) is 66.8 Å². The number of aryl methyl sites for hydroxylation is 1. The molecule has 0 amide bonds. The Morgan fingerprint density at radius 2 is 1.75 bits per heavy atom. The molecule has 0 saturated carbocycles. The molecule has 0 radical (unpaired) electrons. The van der Waals surface area contributed by atoms with Crippen molar-refractivity contribution < 1.29 is 19.1 Å². The van der Waals surface area contributed by atoms with E-state index in [1.54, 1.807) is 19.1 Å². The zero-order valence-corrected chi connectivity index (χ0v) is 9.71. The van der Waals surface area contributed by atoms with Gasteiger partial charge >= 0.3 is 33.4 Å². The molecule has 0 spiro atoms. The van der Waals surface area contributed by atoms with Gasteiger partial charge in [-0.25, -0.2) is 4.79 Å². The molecule has 0 fully saturated rings. The summed E-state index contributed by atoms with van der Waals surface area (Å²) in [4.78, 5) is 28.6. The summed E-state index contributed by atoms with van der Waals surface area (Å²) < 4.78 is 4.35. The Bertz CT molecular complexity index is 393. The Morgan fingerprint density at radius 1 is 1.19 bits per heavy atom. The molecule has 0 atom stereocenters. The monoisotopic (exact) mass is 236 g/mol. The third kappa shape index (κ3) is 3.59. The van der Waals surface area contributed by atoms with Gasteiger partial charge in [0.2, 0.25) is 0 Å². The molecule has 0 aliphatic rings. The molecular formula is C10H14LiO4P. The molecule has 16 heavy (non-hydrogen) atoms. The van der Waals surface area contributed by atoms with Gasteiger partial charge in [-0.15, -0.1) is 0 Å². The normalized spacial score (nSPS) is 9.88. The van der Waals surface area contributed by atoms with Gasteiger partial charge < -0.3 is 14.3 Å². The van der Waals surface area contributed by atoms with Gasteiger partial charge in [-0.2, -0.15) is 0 Å². The van der Waals surface area contributed by atoms with Gasteiger partial charge in [0.1, 0.15) is 0 Å². The first kappa shape index (κ1) is 15.6. The van der Waals surface area contributed by atoms with Gasteiger partial charge in [-0.05, 0) is 43.5 Å². The van der Waals surface area contributed by atoms with E-state index in [9.17, 15) is 4.79 Å².